The van der Waals surface area contributed by atoms with E-state index in [1.165, 1.54) is 0 Å². The summed E-state index contributed by atoms with van der Waals surface area (Å²) in [5, 5.41) is 0. The Balaban J connectivity index is 2.44. The van der Waals surface area contributed by atoms with E-state index in [-0.39, 0.29) is 17.5 Å². The summed E-state index contributed by atoms with van der Waals surface area (Å²) in [6, 6.07) is 7.63. The van der Waals surface area contributed by atoms with Gasteiger partial charge in [0.15, 0.2) is 0 Å². The normalized spacial score (nSPS) is 23.9. The molecule has 1 aromatic carbocycles. The zero-order valence-corrected chi connectivity index (χ0v) is 11.0. The first-order valence-electron chi connectivity index (χ1n) is 5.27. The Hall–Kier alpha value is -0.870. The van der Waals surface area contributed by atoms with Crippen molar-refractivity contribution >= 4 is 27.5 Å². The van der Waals surface area contributed by atoms with Crippen LogP contribution in [-0.4, -0.2) is 17.5 Å². The standard InChI is InChI=1S/C12H15BrN2O/c1-12(2)10(14)7-11(16)15(12)9-5-3-4-8(13)6-9/h3-6,10H,7,14H2,1-2H3. The van der Waals surface area contributed by atoms with Crippen molar-refractivity contribution in [2.24, 2.45) is 5.73 Å². The van der Waals surface area contributed by atoms with E-state index in [4.69, 9.17) is 5.73 Å². The minimum atomic E-state index is -0.322. The maximum Gasteiger partial charge on any atom is 0.229 e. The van der Waals surface area contributed by atoms with Gasteiger partial charge in [-0.3, -0.25) is 4.79 Å². The number of rotatable bonds is 1. The molecule has 2 rings (SSSR count). The first-order valence-corrected chi connectivity index (χ1v) is 6.06. The number of anilines is 1. The zero-order valence-electron chi connectivity index (χ0n) is 9.40. The number of halogens is 1. The molecule has 0 bridgehead atoms. The van der Waals surface area contributed by atoms with Gasteiger partial charge in [0.2, 0.25) is 5.91 Å². The molecule has 1 aromatic rings. The molecule has 1 atom stereocenters. The molecule has 1 amide bonds. The molecule has 86 valence electrons. The third-order valence-electron chi connectivity index (χ3n) is 3.19. The number of amides is 1. The highest BCUT2D eigenvalue weighted by molar-refractivity contribution is 9.10. The highest BCUT2D eigenvalue weighted by Gasteiger charge is 2.44. The van der Waals surface area contributed by atoms with Gasteiger partial charge in [-0.1, -0.05) is 22.0 Å². The lowest BCUT2D eigenvalue weighted by Gasteiger charge is -2.34. The molecule has 1 heterocycles. The van der Waals surface area contributed by atoms with Gasteiger partial charge in [-0.25, -0.2) is 0 Å². The molecule has 4 heteroatoms. The fourth-order valence-electron chi connectivity index (χ4n) is 2.11. The second-order valence-electron chi connectivity index (χ2n) is 4.67. The van der Waals surface area contributed by atoms with Gasteiger partial charge in [-0.05, 0) is 32.0 Å². The second kappa shape index (κ2) is 3.86. The van der Waals surface area contributed by atoms with Crippen LogP contribution in [0.1, 0.15) is 20.3 Å². The van der Waals surface area contributed by atoms with Crippen LogP contribution < -0.4 is 10.6 Å². The minimum absolute atomic E-state index is 0.0931. The van der Waals surface area contributed by atoms with Crippen LogP contribution in [-0.2, 0) is 4.79 Å². The summed E-state index contributed by atoms with van der Waals surface area (Å²) in [5.41, 5.74) is 6.57. The second-order valence-corrected chi connectivity index (χ2v) is 5.59. The number of nitrogens with zero attached hydrogens (tertiary/aromatic N) is 1. The molecule has 0 spiro atoms. The molecule has 2 N–H and O–H groups in total. The quantitative estimate of drug-likeness (QED) is 0.859. The van der Waals surface area contributed by atoms with E-state index in [0.717, 1.165) is 10.2 Å². The Morgan fingerprint density at radius 2 is 2.19 bits per heavy atom. The first-order chi connectivity index (χ1) is 7.43. The topological polar surface area (TPSA) is 46.3 Å². The highest BCUT2D eigenvalue weighted by atomic mass is 79.9. The van der Waals surface area contributed by atoms with Crippen LogP contribution >= 0.6 is 15.9 Å². The fraction of sp³-hybridized carbons (Fsp3) is 0.417. The molecule has 1 aliphatic heterocycles. The maximum atomic E-state index is 11.9. The van der Waals surface area contributed by atoms with Gasteiger partial charge in [0.05, 0.1) is 5.54 Å². The SMILES string of the molecule is CC1(C)C(N)CC(=O)N1c1cccc(Br)c1. The van der Waals surface area contributed by atoms with E-state index >= 15 is 0 Å². The summed E-state index contributed by atoms with van der Waals surface area (Å²) < 4.78 is 0.967. The van der Waals surface area contributed by atoms with Crippen LogP contribution in [0.2, 0.25) is 0 Å². The predicted octanol–water partition coefficient (Wildman–Crippen LogP) is 2.29. The number of hydrogen-bond acceptors (Lipinski definition) is 2. The molecule has 0 aromatic heterocycles. The van der Waals surface area contributed by atoms with Crippen LogP contribution in [0.25, 0.3) is 0 Å². The van der Waals surface area contributed by atoms with E-state index in [9.17, 15) is 4.79 Å². The van der Waals surface area contributed by atoms with Gasteiger partial charge in [0.1, 0.15) is 0 Å². The molecular formula is C12H15BrN2O. The Kier molecular flexibility index (Phi) is 2.80. The minimum Gasteiger partial charge on any atom is -0.325 e. The van der Waals surface area contributed by atoms with Crippen LogP contribution in [0.5, 0.6) is 0 Å². The Bertz CT molecular complexity index is 431. The molecule has 0 aliphatic carbocycles. The van der Waals surface area contributed by atoms with Crippen molar-refractivity contribution in [1.82, 2.24) is 0 Å². The summed E-state index contributed by atoms with van der Waals surface area (Å²) in [4.78, 5) is 13.7. The largest absolute Gasteiger partial charge is 0.325 e. The molecule has 1 unspecified atom stereocenters. The molecule has 1 fully saturated rings. The van der Waals surface area contributed by atoms with Gasteiger partial charge in [-0.15, -0.1) is 0 Å². The zero-order chi connectivity index (χ0) is 11.9. The average molecular weight is 283 g/mol. The van der Waals surface area contributed by atoms with Crippen molar-refractivity contribution in [3.63, 3.8) is 0 Å². The van der Waals surface area contributed by atoms with E-state index in [1.54, 1.807) is 4.90 Å². The van der Waals surface area contributed by atoms with Crippen LogP contribution in [0.15, 0.2) is 28.7 Å². The van der Waals surface area contributed by atoms with Crippen LogP contribution in [0.4, 0.5) is 5.69 Å². The lowest BCUT2D eigenvalue weighted by molar-refractivity contribution is -0.117. The van der Waals surface area contributed by atoms with Gasteiger partial charge in [0, 0.05) is 22.6 Å². The number of hydrogen-bond donors (Lipinski definition) is 1. The summed E-state index contributed by atoms with van der Waals surface area (Å²) in [7, 11) is 0. The summed E-state index contributed by atoms with van der Waals surface area (Å²) >= 11 is 3.41. The van der Waals surface area contributed by atoms with Crippen LogP contribution in [0, 0.1) is 0 Å². The maximum absolute atomic E-state index is 11.9. The lowest BCUT2D eigenvalue weighted by Crippen LogP contribution is -2.49. The van der Waals surface area contributed by atoms with Crippen molar-refractivity contribution in [3.8, 4) is 0 Å². The lowest BCUT2D eigenvalue weighted by atomic mass is 9.96. The smallest absolute Gasteiger partial charge is 0.229 e. The third kappa shape index (κ3) is 1.76. The van der Waals surface area contributed by atoms with Crippen molar-refractivity contribution in [2.75, 3.05) is 4.90 Å². The van der Waals surface area contributed by atoms with Gasteiger partial charge < -0.3 is 10.6 Å². The van der Waals surface area contributed by atoms with Crippen molar-refractivity contribution in [1.29, 1.82) is 0 Å². The van der Waals surface area contributed by atoms with E-state index in [1.807, 2.05) is 38.1 Å². The Morgan fingerprint density at radius 1 is 1.50 bits per heavy atom. The van der Waals surface area contributed by atoms with Crippen LogP contribution in [0.3, 0.4) is 0 Å². The molecule has 0 radical (unpaired) electrons. The van der Waals surface area contributed by atoms with E-state index in [0.29, 0.717) is 6.42 Å². The van der Waals surface area contributed by atoms with E-state index < -0.39 is 0 Å². The molecule has 3 nitrogen and oxygen atoms in total. The molecule has 1 aliphatic rings. The Morgan fingerprint density at radius 3 is 2.69 bits per heavy atom. The molecular weight excluding hydrogens is 268 g/mol. The average Bonchev–Trinajstić information content (AvgIpc) is 2.36. The number of benzene rings is 1. The number of nitrogens with two attached hydrogens (primary N) is 1. The summed E-state index contributed by atoms with van der Waals surface area (Å²) in [6.07, 6.45) is 0.416. The van der Waals surface area contributed by atoms with Crippen molar-refractivity contribution in [3.05, 3.63) is 28.7 Å². The first kappa shape index (κ1) is 11.6. The van der Waals surface area contributed by atoms with Gasteiger partial charge in [0.25, 0.3) is 0 Å². The predicted molar refractivity (Wildman–Crippen MR) is 68.3 cm³/mol. The van der Waals surface area contributed by atoms with Gasteiger partial charge >= 0.3 is 0 Å². The van der Waals surface area contributed by atoms with E-state index in [2.05, 4.69) is 15.9 Å². The highest BCUT2D eigenvalue weighted by Crippen LogP contribution is 2.34. The fourth-order valence-corrected chi connectivity index (χ4v) is 2.50. The summed E-state index contributed by atoms with van der Waals surface area (Å²) in [6.45, 7) is 4.01. The molecule has 1 saturated heterocycles. The van der Waals surface area contributed by atoms with Crippen molar-refractivity contribution in [2.45, 2.75) is 31.8 Å². The van der Waals surface area contributed by atoms with Gasteiger partial charge in [-0.2, -0.15) is 0 Å². The third-order valence-corrected chi connectivity index (χ3v) is 3.69. The number of carbonyl (C=O) groups excluding carboxylic acids is 1. The monoisotopic (exact) mass is 282 g/mol. The number of carbonyl (C=O) groups is 1. The summed E-state index contributed by atoms with van der Waals surface area (Å²) in [5.74, 6) is 0.0931. The molecule has 16 heavy (non-hydrogen) atoms. The molecule has 0 saturated carbocycles. The Labute approximate surface area is 104 Å². The van der Waals surface area contributed by atoms with Crippen molar-refractivity contribution < 1.29 is 4.79 Å².